The van der Waals surface area contributed by atoms with Crippen LogP contribution in [0.3, 0.4) is 0 Å². The van der Waals surface area contributed by atoms with Crippen LogP contribution in [0.15, 0.2) is 42.6 Å². The van der Waals surface area contributed by atoms with Crippen molar-refractivity contribution in [3.05, 3.63) is 48.2 Å². The summed E-state index contributed by atoms with van der Waals surface area (Å²) in [7, 11) is 1.92. The third-order valence-corrected chi connectivity index (χ3v) is 3.04. The SMILES string of the molecule is C=C(CCSCc1ccccc1)NC. The number of rotatable bonds is 6. The van der Waals surface area contributed by atoms with Gasteiger partial charge in [-0.3, -0.25) is 0 Å². The summed E-state index contributed by atoms with van der Waals surface area (Å²) in [5.74, 6) is 2.23. The highest BCUT2D eigenvalue weighted by Gasteiger charge is 1.93. The van der Waals surface area contributed by atoms with E-state index in [2.05, 4.69) is 42.2 Å². The average Bonchev–Trinajstić information content (AvgIpc) is 2.25. The van der Waals surface area contributed by atoms with E-state index < -0.39 is 0 Å². The molecule has 1 nitrogen and oxygen atoms in total. The molecule has 0 bridgehead atoms. The summed E-state index contributed by atoms with van der Waals surface area (Å²) >= 11 is 1.95. The topological polar surface area (TPSA) is 12.0 Å². The van der Waals surface area contributed by atoms with Crippen LogP contribution in [0.5, 0.6) is 0 Å². The van der Waals surface area contributed by atoms with E-state index in [9.17, 15) is 0 Å². The van der Waals surface area contributed by atoms with E-state index in [0.717, 1.165) is 23.6 Å². The number of hydrogen-bond donors (Lipinski definition) is 1. The van der Waals surface area contributed by atoms with Gasteiger partial charge >= 0.3 is 0 Å². The van der Waals surface area contributed by atoms with Crippen molar-refractivity contribution in [2.75, 3.05) is 12.8 Å². The molecule has 1 N–H and O–H groups in total. The quantitative estimate of drug-likeness (QED) is 0.720. The molecular formula is C12H17NS. The highest BCUT2D eigenvalue weighted by molar-refractivity contribution is 7.98. The molecule has 1 aromatic rings. The van der Waals surface area contributed by atoms with Crippen LogP contribution in [0, 0.1) is 0 Å². The predicted molar refractivity (Wildman–Crippen MR) is 65.4 cm³/mol. The van der Waals surface area contributed by atoms with Crippen LogP contribution in [0.25, 0.3) is 0 Å². The molecule has 0 aliphatic rings. The first-order chi connectivity index (χ1) is 6.83. The molecule has 0 aliphatic heterocycles. The second-order valence-corrected chi connectivity index (χ2v) is 4.25. The normalized spacial score (nSPS) is 9.79. The molecule has 0 aromatic heterocycles. The smallest absolute Gasteiger partial charge is 0.0184 e. The van der Waals surface area contributed by atoms with E-state index in [0.29, 0.717) is 0 Å². The van der Waals surface area contributed by atoms with Gasteiger partial charge in [-0.25, -0.2) is 0 Å². The van der Waals surface area contributed by atoms with Gasteiger partial charge in [0.05, 0.1) is 0 Å². The number of benzene rings is 1. The lowest BCUT2D eigenvalue weighted by molar-refractivity contribution is 0.914. The molecule has 1 rings (SSSR count). The summed E-state index contributed by atoms with van der Waals surface area (Å²) in [6.45, 7) is 3.89. The van der Waals surface area contributed by atoms with Crippen LogP contribution in [-0.4, -0.2) is 12.8 Å². The van der Waals surface area contributed by atoms with E-state index in [1.54, 1.807) is 0 Å². The molecule has 1 aromatic carbocycles. The summed E-state index contributed by atoms with van der Waals surface area (Å²) in [5.41, 5.74) is 2.51. The Labute approximate surface area is 90.6 Å². The van der Waals surface area contributed by atoms with Crippen molar-refractivity contribution in [2.45, 2.75) is 12.2 Å². The lowest BCUT2D eigenvalue weighted by atomic mass is 10.2. The average molecular weight is 207 g/mol. The van der Waals surface area contributed by atoms with Crippen molar-refractivity contribution in [1.82, 2.24) is 5.32 Å². The zero-order valence-electron chi connectivity index (χ0n) is 8.62. The van der Waals surface area contributed by atoms with E-state index in [1.807, 2.05) is 18.8 Å². The molecule has 0 spiro atoms. The van der Waals surface area contributed by atoms with Crippen LogP contribution < -0.4 is 5.32 Å². The zero-order chi connectivity index (χ0) is 10.2. The highest BCUT2D eigenvalue weighted by Crippen LogP contribution is 2.13. The summed E-state index contributed by atoms with van der Waals surface area (Å²) in [6.07, 6.45) is 1.05. The molecule has 0 fully saturated rings. The summed E-state index contributed by atoms with van der Waals surface area (Å²) in [6, 6.07) is 10.6. The molecule has 14 heavy (non-hydrogen) atoms. The molecule has 0 aliphatic carbocycles. The minimum Gasteiger partial charge on any atom is -0.392 e. The highest BCUT2D eigenvalue weighted by atomic mass is 32.2. The van der Waals surface area contributed by atoms with Crippen molar-refractivity contribution < 1.29 is 0 Å². The fourth-order valence-corrected chi connectivity index (χ4v) is 2.05. The third kappa shape index (κ3) is 4.38. The standard InChI is InChI=1S/C12H17NS/c1-11(13-2)8-9-14-10-12-6-4-3-5-7-12/h3-7,13H,1,8-10H2,2H3. The van der Waals surface area contributed by atoms with Gasteiger partial charge in [0.15, 0.2) is 0 Å². The summed E-state index contributed by atoms with van der Waals surface area (Å²) in [5, 5.41) is 3.06. The second-order valence-electron chi connectivity index (χ2n) is 3.14. The maximum atomic E-state index is 3.89. The molecule has 0 radical (unpaired) electrons. The molecule has 0 atom stereocenters. The Hall–Kier alpha value is -0.890. The van der Waals surface area contributed by atoms with E-state index in [-0.39, 0.29) is 0 Å². The Balaban J connectivity index is 2.13. The van der Waals surface area contributed by atoms with Gasteiger partial charge in [-0.05, 0) is 17.7 Å². The van der Waals surface area contributed by atoms with E-state index >= 15 is 0 Å². The van der Waals surface area contributed by atoms with Gasteiger partial charge in [0.25, 0.3) is 0 Å². The largest absolute Gasteiger partial charge is 0.392 e. The Morgan fingerprint density at radius 2 is 2.07 bits per heavy atom. The maximum Gasteiger partial charge on any atom is 0.0184 e. The van der Waals surface area contributed by atoms with Gasteiger partial charge in [0.1, 0.15) is 0 Å². The molecule has 0 saturated heterocycles. The lowest BCUT2D eigenvalue weighted by Gasteiger charge is -2.04. The number of allylic oxidation sites excluding steroid dienone is 1. The molecule has 0 heterocycles. The summed E-state index contributed by atoms with van der Waals surface area (Å²) < 4.78 is 0. The molecule has 0 amide bonds. The van der Waals surface area contributed by atoms with Crippen molar-refractivity contribution in [3.63, 3.8) is 0 Å². The van der Waals surface area contributed by atoms with Crippen LogP contribution in [0.4, 0.5) is 0 Å². The first kappa shape index (κ1) is 11.2. The minimum atomic E-state index is 1.05. The molecule has 2 heteroatoms. The van der Waals surface area contributed by atoms with Gasteiger partial charge in [0, 0.05) is 18.5 Å². The Morgan fingerprint density at radius 1 is 1.36 bits per heavy atom. The predicted octanol–water partition coefficient (Wildman–Crippen LogP) is 3.04. The molecule has 0 saturated carbocycles. The van der Waals surface area contributed by atoms with E-state index in [4.69, 9.17) is 0 Å². The monoisotopic (exact) mass is 207 g/mol. The fraction of sp³-hybridized carbons (Fsp3) is 0.333. The first-order valence-electron chi connectivity index (χ1n) is 4.80. The second kappa shape index (κ2) is 6.55. The van der Waals surface area contributed by atoms with Crippen molar-refractivity contribution in [3.8, 4) is 0 Å². The zero-order valence-corrected chi connectivity index (χ0v) is 9.44. The van der Waals surface area contributed by atoms with Gasteiger partial charge in [-0.1, -0.05) is 36.9 Å². The van der Waals surface area contributed by atoms with Gasteiger partial charge in [-0.2, -0.15) is 11.8 Å². The van der Waals surface area contributed by atoms with Crippen LogP contribution in [-0.2, 0) is 5.75 Å². The first-order valence-corrected chi connectivity index (χ1v) is 5.95. The van der Waals surface area contributed by atoms with Crippen molar-refractivity contribution in [2.24, 2.45) is 0 Å². The summed E-state index contributed by atoms with van der Waals surface area (Å²) in [4.78, 5) is 0. The number of nitrogens with one attached hydrogen (secondary N) is 1. The minimum absolute atomic E-state index is 1.05. The number of thioether (sulfide) groups is 1. The lowest BCUT2D eigenvalue weighted by Crippen LogP contribution is -2.04. The van der Waals surface area contributed by atoms with Crippen molar-refractivity contribution >= 4 is 11.8 Å². The number of hydrogen-bond acceptors (Lipinski definition) is 2. The van der Waals surface area contributed by atoms with Crippen LogP contribution >= 0.6 is 11.8 Å². The van der Waals surface area contributed by atoms with E-state index in [1.165, 1.54) is 5.56 Å². The van der Waals surface area contributed by atoms with Gasteiger partial charge in [-0.15, -0.1) is 0 Å². The van der Waals surface area contributed by atoms with Gasteiger partial charge in [0.2, 0.25) is 0 Å². The third-order valence-electron chi connectivity index (χ3n) is 2.01. The molecular weight excluding hydrogens is 190 g/mol. The van der Waals surface area contributed by atoms with Gasteiger partial charge < -0.3 is 5.32 Å². The van der Waals surface area contributed by atoms with Crippen LogP contribution in [0.2, 0.25) is 0 Å². The fourth-order valence-electron chi connectivity index (χ4n) is 1.08. The Morgan fingerprint density at radius 3 is 2.71 bits per heavy atom. The maximum absolute atomic E-state index is 3.89. The Bertz CT molecular complexity index is 269. The molecule has 76 valence electrons. The van der Waals surface area contributed by atoms with Crippen LogP contribution in [0.1, 0.15) is 12.0 Å². The van der Waals surface area contributed by atoms with Crippen molar-refractivity contribution in [1.29, 1.82) is 0 Å². The molecule has 0 unspecified atom stereocenters. The Kier molecular flexibility index (Phi) is 5.23.